The van der Waals surface area contributed by atoms with Gasteiger partial charge in [0.2, 0.25) is 0 Å². The molecule has 0 aliphatic heterocycles. The summed E-state index contributed by atoms with van der Waals surface area (Å²) in [4.78, 5) is 10.9. The molecule has 1 aromatic carbocycles. The molecule has 0 bridgehead atoms. The summed E-state index contributed by atoms with van der Waals surface area (Å²) in [6.45, 7) is 3.46. The van der Waals surface area contributed by atoms with E-state index in [1.54, 1.807) is 13.0 Å². The normalized spacial score (nSPS) is 14.2. The Morgan fingerprint density at radius 3 is 2.56 bits per heavy atom. The lowest BCUT2D eigenvalue weighted by Crippen LogP contribution is -2.31. The molecule has 0 heterocycles. The van der Waals surface area contributed by atoms with E-state index in [0.29, 0.717) is 5.75 Å². The van der Waals surface area contributed by atoms with Gasteiger partial charge in [0.25, 0.3) is 5.91 Å². The second-order valence-corrected chi connectivity index (χ2v) is 4.55. The molecule has 0 aliphatic rings. The first kappa shape index (κ1) is 13.0. The summed E-state index contributed by atoms with van der Waals surface area (Å²) in [6.07, 6.45) is -0.674. The molecule has 4 N–H and O–H groups in total. The number of primary amides is 1. The van der Waals surface area contributed by atoms with Crippen molar-refractivity contribution >= 4 is 21.8 Å². The fourth-order valence-electron chi connectivity index (χ4n) is 1.23. The molecule has 0 aliphatic carbocycles. The Bertz CT molecular complexity index is 394. The van der Waals surface area contributed by atoms with Crippen LogP contribution >= 0.6 is 15.9 Å². The molecule has 0 aromatic heterocycles. The fraction of sp³-hybridized carbons (Fsp3) is 0.364. The number of carbonyl (C=O) groups excluding carboxylic acids is 1. The molecule has 2 unspecified atom stereocenters. The van der Waals surface area contributed by atoms with Crippen LogP contribution in [0.5, 0.6) is 5.75 Å². The van der Waals surface area contributed by atoms with E-state index >= 15 is 0 Å². The van der Waals surface area contributed by atoms with Crippen LogP contribution in [0.15, 0.2) is 22.7 Å². The van der Waals surface area contributed by atoms with E-state index in [0.717, 1.165) is 10.0 Å². The molecule has 1 amide bonds. The van der Waals surface area contributed by atoms with Crippen molar-refractivity contribution < 1.29 is 9.53 Å². The van der Waals surface area contributed by atoms with Crippen LogP contribution in [0.25, 0.3) is 0 Å². The Labute approximate surface area is 103 Å². The van der Waals surface area contributed by atoms with Crippen molar-refractivity contribution in [2.24, 2.45) is 11.5 Å². The Balaban J connectivity index is 3.01. The second-order valence-electron chi connectivity index (χ2n) is 3.63. The molecule has 1 aromatic rings. The SMILES string of the molecule is CC(Oc1cc(Br)ccc1C(C)N)C(N)=O. The van der Waals surface area contributed by atoms with Crippen molar-refractivity contribution in [2.45, 2.75) is 26.0 Å². The van der Waals surface area contributed by atoms with Crippen LogP contribution in [0.2, 0.25) is 0 Å². The smallest absolute Gasteiger partial charge is 0.258 e. The molecule has 0 saturated carbocycles. The quantitative estimate of drug-likeness (QED) is 0.885. The van der Waals surface area contributed by atoms with Gasteiger partial charge in [-0.15, -0.1) is 0 Å². The Morgan fingerprint density at radius 1 is 1.44 bits per heavy atom. The minimum absolute atomic E-state index is 0.164. The van der Waals surface area contributed by atoms with E-state index in [1.165, 1.54) is 0 Å². The molecule has 88 valence electrons. The molecule has 5 heteroatoms. The van der Waals surface area contributed by atoms with Crippen LogP contribution in [0.1, 0.15) is 25.5 Å². The van der Waals surface area contributed by atoms with Crippen LogP contribution in [0.3, 0.4) is 0 Å². The average molecular weight is 287 g/mol. The fourth-order valence-corrected chi connectivity index (χ4v) is 1.58. The number of rotatable bonds is 4. The zero-order valence-electron chi connectivity index (χ0n) is 9.24. The zero-order chi connectivity index (χ0) is 12.3. The van der Waals surface area contributed by atoms with Gasteiger partial charge in [-0.25, -0.2) is 0 Å². The second kappa shape index (κ2) is 5.32. The molecule has 0 spiro atoms. The summed E-state index contributed by atoms with van der Waals surface area (Å²) in [5, 5.41) is 0. The minimum atomic E-state index is -0.674. The molecule has 0 radical (unpaired) electrons. The van der Waals surface area contributed by atoms with Crippen LogP contribution in [0, 0.1) is 0 Å². The topological polar surface area (TPSA) is 78.3 Å². The predicted molar refractivity (Wildman–Crippen MR) is 66.0 cm³/mol. The molecular weight excluding hydrogens is 272 g/mol. The summed E-state index contributed by atoms with van der Waals surface area (Å²) >= 11 is 3.34. The minimum Gasteiger partial charge on any atom is -0.481 e. The van der Waals surface area contributed by atoms with Crippen molar-refractivity contribution in [1.82, 2.24) is 0 Å². The lowest BCUT2D eigenvalue weighted by molar-refractivity contribution is -0.124. The van der Waals surface area contributed by atoms with Crippen LogP contribution in [-0.4, -0.2) is 12.0 Å². The molecule has 4 nitrogen and oxygen atoms in total. The van der Waals surface area contributed by atoms with Gasteiger partial charge in [-0.05, 0) is 26.0 Å². The van der Waals surface area contributed by atoms with Gasteiger partial charge in [-0.2, -0.15) is 0 Å². The predicted octanol–water partition coefficient (Wildman–Crippen LogP) is 1.72. The lowest BCUT2D eigenvalue weighted by Gasteiger charge is -2.17. The Morgan fingerprint density at radius 2 is 2.06 bits per heavy atom. The summed E-state index contributed by atoms with van der Waals surface area (Å²) in [7, 11) is 0. The van der Waals surface area contributed by atoms with Gasteiger partial charge in [-0.3, -0.25) is 4.79 Å². The van der Waals surface area contributed by atoms with Crippen molar-refractivity contribution in [1.29, 1.82) is 0 Å². The number of benzene rings is 1. The van der Waals surface area contributed by atoms with Gasteiger partial charge < -0.3 is 16.2 Å². The van der Waals surface area contributed by atoms with Gasteiger partial charge in [-0.1, -0.05) is 22.0 Å². The van der Waals surface area contributed by atoms with E-state index in [2.05, 4.69) is 15.9 Å². The molecule has 0 saturated heterocycles. The number of hydrogen-bond donors (Lipinski definition) is 2. The first-order chi connectivity index (χ1) is 7.41. The van der Waals surface area contributed by atoms with Crippen molar-refractivity contribution in [2.75, 3.05) is 0 Å². The Kier molecular flexibility index (Phi) is 4.32. The van der Waals surface area contributed by atoms with Crippen LogP contribution in [0.4, 0.5) is 0 Å². The summed E-state index contributed by atoms with van der Waals surface area (Å²) in [6, 6.07) is 5.35. The van der Waals surface area contributed by atoms with E-state index in [4.69, 9.17) is 16.2 Å². The van der Waals surface area contributed by atoms with Crippen molar-refractivity contribution in [3.63, 3.8) is 0 Å². The third-order valence-electron chi connectivity index (χ3n) is 2.17. The van der Waals surface area contributed by atoms with E-state index in [-0.39, 0.29) is 6.04 Å². The highest BCUT2D eigenvalue weighted by molar-refractivity contribution is 9.10. The molecule has 16 heavy (non-hydrogen) atoms. The van der Waals surface area contributed by atoms with Crippen LogP contribution in [-0.2, 0) is 4.79 Å². The molecule has 0 fully saturated rings. The maximum absolute atomic E-state index is 10.9. The molecular formula is C11H15BrN2O2. The highest BCUT2D eigenvalue weighted by Gasteiger charge is 2.15. The first-order valence-electron chi connectivity index (χ1n) is 4.93. The summed E-state index contributed by atoms with van der Waals surface area (Å²) < 4.78 is 6.33. The van der Waals surface area contributed by atoms with E-state index in [1.807, 2.05) is 19.1 Å². The standard InChI is InChI=1S/C11H15BrN2O2/c1-6(13)9-4-3-8(12)5-10(9)16-7(2)11(14)15/h3-7H,13H2,1-2H3,(H2,14,15). The van der Waals surface area contributed by atoms with Gasteiger partial charge in [0, 0.05) is 16.1 Å². The largest absolute Gasteiger partial charge is 0.481 e. The van der Waals surface area contributed by atoms with Gasteiger partial charge >= 0.3 is 0 Å². The number of halogens is 1. The number of amides is 1. The highest BCUT2D eigenvalue weighted by atomic mass is 79.9. The maximum atomic E-state index is 10.9. The number of carbonyl (C=O) groups is 1. The van der Waals surface area contributed by atoms with Crippen LogP contribution < -0.4 is 16.2 Å². The Hall–Kier alpha value is -1.07. The van der Waals surface area contributed by atoms with E-state index in [9.17, 15) is 4.79 Å². The zero-order valence-corrected chi connectivity index (χ0v) is 10.8. The lowest BCUT2D eigenvalue weighted by atomic mass is 10.1. The maximum Gasteiger partial charge on any atom is 0.258 e. The average Bonchev–Trinajstić information content (AvgIpc) is 2.16. The summed E-state index contributed by atoms with van der Waals surface area (Å²) in [5.41, 5.74) is 11.8. The van der Waals surface area contributed by atoms with Gasteiger partial charge in [0.05, 0.1) is 0 Å². The monoisotopic (exact) mass is 286 g/mol. The number of hydrogen-bond acceptors (Lipinski definition) is 3. The van der Waals surface area contributed by atoms with Gasteiger partial charge in [0.1, 0.15) is 5.75 Å². The number of ether oxygens (including phenoxy) is 1. The highest BCUT2D eigenvalue weighted by Crippen LogP contribution is 2.28. The number of nitrogens with two attached hydrogens (primary N) is 2. The molecule has 2 atom stereocenters. The molecule has 1 rings (SSSR count). The third-order valence-corrected chi connectivity index (χ3v) is 2.66. The first-order valence-corrected chi connectivity index (χ1v) is 5.72. The van der Waals surface area contributed by atoms with Crippen molar-refractivity contribution in [3.05, 3.63) is 28.2 Å². The van der Waals surface area contributed by atoms with Crippen molar-refractivity contribution in [3.8, 4) is 5.75 Å². The van der Waals surface area contributed by atoms with Gasteiger partial charge in [0.15, 0.2) is 6.10 Å². The third kappa shape index (κ3) is 3.21. The van der Waals surface area contributed by atoms with E-state index < -0.39 is 12.0 Å². The summed E-state index contributed by atoms with van der Waals surface area (Å²) in [5.74, 6) is 0.0753.